The van der Waals surface area contributed by atoms with Gasteiger partial charge in [0.1, 0.15) is 0 Å². The third kappa shape index (κ3) is 2.76. The Balaban J connectivity index is 2.16. The first-order valence-electron chi connectivity index (χ1n) is 8.44. The molecule has 2 bridgehead atoms. The summed E-state index contributed by atoms with van der Waals surface area (Å²) in [6, 6.07) is 0.815. The van der Waals surface area contributed by atoms with Crippen molar-refractivity contribution in [3.63, 3.8) is 0 Å². The van der Waals surface area contributed by atoms with Crippen LogP contribution >= 0.6 is 0 Å². The average molecular weight is 251 g/mol. The Morgan fingerprint density at radius 2 is 1.94 bits per heavy atom. The Morgan fingerprint density at radius 1 is 1.17 bits per heavy atom. The molecule has 0 radical (unpaired) electrons. The highest BCUT2D eigenvalue weighted by molar-refractivity contribution is 4.96. The SMILES string of the molecule is CCCC(CC)C1CC(C)C2CC(CC)C1CN2. The molecular formula is C17H33N. The summed E-state index contributed by atoms with van der Waals surface area (Å²) in [4.78, 5) is 0. The van der Waals surface area contributed by atoms with Crippen molar-refractivity contribution in [1.29, 1.82) is 0 Å². The van der Waals surface area contributed by atoms with E-state index in [1.54, 1.807) is 0 Å². The van der Waals surface area contributed by atoms with Crippen molar-refractivity contribution in [2.24, 2.45) is 29.6 Å². The molecule has 2 saturated heterocycles. The minimum Gasteiger partial charge on any atom is -0.313 e. The molecule has 3 aliphatic rings. The zero-order valence-electron chi connectivity index (χ0n) is 12.9. The van der Waals surface area contributed by atoms with Crippen molar-refractivity contribution < 1.29 is 0 Å². The summed E-state index contributed by atoms with van der Waals surface area (Å²) < 4.78 is 0. The Hall–Kier alpha value is -0.0400. The smallest absolute Gasteiger partial charge is 0.00956 e. The molecule has 0 amide bonds. The second-order valence-electron chi connectivity index (χ2n) is 6.92. The second-order valence-corrected chi connectivity index (χ2v) is 6.92. The fraction of sp³-hybridized carbons (Fsp3) is 1.00. The molecule has 106 valence electrons. The van der Waals surface area contributed by atoms with Crippen LogP contribution in [0.5, 0.6) is 0 Å². The lowest BCUT2D eigenvalue weighted by Gasteiger charge is -2.39. The first-order valence-corrected chi connectivity index (χ1v) is 8.44. The van der Waals surface area contributed by atoms with Gasteiger partial charge in [-0.2, -0.15) is 0 Å². The number of nitrogens with one attached hydrogen (secondary N) is 1. The summed E-state index contributed by atoms with van der Waals surface area (Å²) in [5, 5.41) is 3.85. The predicted octanol–water partition coefficient (Wildman–Crippen LogP) is 4.47. The van der Waals surface area contributed by atoms with Gasteiger partial charge in [0.2, 0.25) is 0 Å². The van der Waals surface area contributed by atoms with Gasteiger partial charge in [0.15, 0.2) is 0 Å². The predicted molar refractivity (Wildman–Crippen MR) is 79.6 cm³/mol. The zero-order chi connectivity index (χ0) is 13.1. The molecular weight excluding hydrogens is 218 g/mol. The second kappa shape index (κ2) is 6.41. The van der Waals surface area contributed by atoms with Crippen LogP contribution in [0.2, 0.25) is 0 Å². The van der Waals surface area contributed by atoms with Gasteiger partial charge in [-0.15, -0.1) is 0 Å². The van der Waals surface area contributed by atoms with Gasteiger partial charge in [-0.25, -0.2) is 0 Å². The lowest BCUT2D eigenvalue weighted by molar-refractivity contribution is 0.127. The molecule has 3 rings (SSSR count). The highest BCUT2D eigenvalue weighted by atomic mass is 15.0. The van der Waals surface area contributed by atoms with E-state index in [-0.39, 0.29) is 0 Å². The van der Waals surface area contributed by atoms with E-state index < -0.39 is 0 Å². The average Bonchev–Trinajstić information content (AvgIpc) is 2.63. The van der Waals surface area contributed by atoms with Gasteiger partial charge < -0.3 is 5.32 Å². The molecule has 2 heterocycles. The van der Waals surface area contributed by atoms with Crippen LogP contribution in [0.1, 0.15) is 66.2 Å². The van der Waals surface area contributed by atoms with Crippen LogP contribution in [0.3, 0.4) is 0 Å². The van der Waals surface area contributed by atoms with E-state index in [1.807, 2.05) is 0 Å². The highest BCUT2D eigenvalue weighted by Gasteiger charge is 2.43. The third-order valence-corrected chi connectivity index (χ3v) is 5.97. The fourth-order valence-corrected chi connectivity index (χ4v) is 4.84. The first kappa shape index (κ1) is 14.4. The Labute approximate surface area is 114 Å². The molecule has 6 atom stereocenters. The molecule has 6 unspecified atom stereocenters. The lowest BCUT2D eigenvalue weighted by atomic mass is 9.70. The third-order valence-electron chi connectivity index (χ3n) is 5.97. The number of rotatable bonds is 5. The zero-order valence-corrected chi connectivity index (χ0v) is 12.9. The molecule has 3 fully saturated rings. The van der Waals surface area contributed by atoms with E-state index in [9.17, 15) is 0 Å². The summed E-state index contributed by atoms with van der Waals surface area (Å²) in [5.41, 5.74) is 0. The molecule has 18 heavy (non-hydrogen) atoms. The number of fused-ring (bicyclic) bond motifs is 4. The number of hydrogen-bond acceptors (Lipinski definition) is 1. The highest BCUT2D eigenvalue weighted by Crippen LogP contribution is 2.45. The topological polar surface area (TPSA) is 12.0 Å². The van der Waals surface area contributed by atoms with E-state index in [4.69, 9.17) is 0 Å². The summed E-state index contributed by atoms with van der Waals surface area (Å²) >= 11 is 0. The lowest BCUT2D eigenvalue weighted by Crippen LogP contribution is -2.45. The van der Waals surface area contributed by atoms with Crippen LogP contribution in [0.25, 0.3) is 0 Å². The molecule has 0 aromatic carbocycles. The Morgan fingerprint density at radius 3 is 2.56 bits per heavy atom. The fourth-order valence-electron chi connectivity index (χ4n) is 4.84. The van der Waals surface area contributed by atoms with Gasteiger partial charge in [0.25, 0.3) is 0 Å². The summed E-state index contributed by atoms with van der Waals surface area (Å²) in [7, 11) is 0. The number of piperidine rings is 1. The minimum atomic E-state index is 0.815. The van der Waals surface area contributed by atoms with Gasteiger partial charge in [0.05, 0.1) is 0 Å². The van der Waals surface area contributed by atoms with Crippen LogP contribution in [-0.4, -0.2) is 12.6 Å². The Kier molecular flexibility index (Phi) is 5.12. The van der Waals surface area contributed by atoms with Crippen molar-refractivity contribution in [3.05, 3.63) is 0 Å². The molecule has 1 heteroatoms. The first-order chi connectivity index (χ1) is 8.71. The van der Waals surface area contributed by atoms with E-state index in [2.05, 4.69) is 33.0 Å². The van der Waals surface area contributed by atoms with E-state index >= 15 is 0 Å². The summed E-state index contributed by atoms with van der Waals surface area (Å²) in [6.45, 7) is 11.0. The molecule has 0 aromatic heterocycles. The molecule has 1 aliphatic carbocycles. The molecule has 0 spiro atoms. The van der Waals surface area contributed by atoms with Crippen LogP contribution in [-0.2, 0) is 0 Å². The maximum Gasteiger partial charge on any atom is 0.00956 e. The van der Waals surface area contributed by atoms with Gasteiger partial charge in [-0.05, 0) is 49.0 Å². The van der Waals surface area contributed by atoms with Gasteiger partial charge >= 0.3 is 0 Å². The van der Waals surface area contributed by atoms with Gasteiger partial charge in [-0.3, -0.25) is 0 Å². The molecule has 1 N–H and O–H groups in total. The maximum atomic E-state index is 3.85. The summed E-state index contributed by atoms with van der Waals surface area (Å²) in [6.07, 6.45) is 8.53. The van der Waals surface area contributed by atoms with Crippen LogP contribution < -0.4 is 5.32 Å². The van der Waals surface area contributed by atoms with E-state index in [1.165, 1.54) is 45.1 Å². The molecule has 0 aromatic rings. The van der Waals surface area contributed by atoms with Crippen molar-refractivity contribution in [1.82, 2.24) is 5.32 Å². The van der Waals surface area contributed by atoms with Crippen molar-refractivity contribution >= 4 is 0 Å². The van der Waals surface area contributed by atoms with E-state index in [0.717, 1.165) is 35.6 Å². The monoisotopic (exact) mass is 251 g/mol. The van der Waals surface area contributed by atoms with E-state index in [0.29, 0.717) is 0 Å². The van der Waals surface area contributed by atoms with Crippen LogP contribution in [0, 0.1) is 29.6 Å². The quantitative estimate of drug-likeness (QED) is 0.760. The molecule has 2 aliphatic heterocycles. The standard InChI is InChI=1S/C17H33N/c1-5-8-13(6-2)15-9-12(4)17-10-14(7-3)16(15)11-18-17/h12-18H,5-11H2,1-4H3. The van der Waals surface area contributed by atoms with Crippen molar-refractivity contribution in [2.45, 2.75) is 72.3 Å². The largest absolute Gasteiger partial charge is 0.313 e. The van der Waals surface area contributed by atoms with Crippen molar-refractivity contribution in [2.75, 3.05) is 6.54 Å². The minimum absolute atomic E-state index is 0.815. The van der Waals surface area contributed by atoms with Crippen molar-refractivity contribution in [3.8, 4) is 0 Å². The number of hydrogen-bond donors (Lipinski definition) is 1. The van der Waals surface area contributed by atoms with Gasteiger partial charge in [0, 0.05) is 6.04 Å². The summed E-state index contributed by atoms with van der Waals surface area (Å²) in [5.74, 6) is 4.83. The Bertz CT molecular complexity index is 250. The molecule has 1 saturated carbocycles. The maximum absolute atomic E-state index is 3.85. The van der Waals surface area contributed by atoms with Crippen LogP contribution in [0.4, 0.5) is 0 Å². The normalized spacial score (nSPS) is 41.7. The van der Waals surface area contributed by atoms with Gasteiger partial charge in [-0.1, -0.05) is 53.4 Å². The van der Waals surface area contributed by atoms with Crippen LogP contribution in [0.15, 0.2) is 0 Å². The molecule has 1 nitrogen and oxygen atoms in total.